The van der Waals surface area contributed by atoms with Crippen LogP contribution >= 0.6 is 0 Å². The van der Waals surface area contributed by atoms with E-state index in [2.05, 4.69) is 5.32 Å². The van der Waals surface area contributed by atoms with Gasteiger partial charge < -0.3 is 10.1 Å². The normalized spacial score (nSPS) is 15.5. The molecule has 7 heteroatoms. The Morgan fingerprint density at radius 2 is 1.56 bits per heavy atom. The van der Waals surface area contributed by atoms with E-state index in [0.29, 0.717) is 17.9 Å². The van der Waals surface area contributed by atoms with E-state index in [-0.39, 0.29) is 19.1 Å². The Labute approximate surface area is 188 Å². The minimum atomic E-state index is -0.854. The highest BCUT2D eigenvalue weighted by molar-refractivity contribution is 5.86. The van der Waals surface area contributed by atoms with E-state index in [1.54, 1.807) is 0 Å². The van der Waals surface area contributed by atoms with Crippen molar-refractivity contribution in [1.29, 1.82) is 0 Å². The summed E-state index contributed by atoms with van der Waals surface area (Å²) in [6, 6.07) is 17.9. The van der Waals surface area contributed by atoms with Crippen molar-refractivity contribution in [3.63, 3.8) is 0 Å². The highest BCUT2D eigenvalue weighted by atomic mass is 16.5. The first kappa shape index (κ1) is 23.5. The summed E-state index contributed by atoms with van der Waals surface area (Å²) < 4.78 is 5.68. The molecule has 1 aliphatic carbocycles. The summed E-state index contributed by atoms with van der Waals surface area (Å²) in [6.45, 7) is -0.181. The Balaban J connectivity index is 1.74. The Bertz CT molecular complexity index is 868. The first-order chi connectivity index (χ1) is 15.5. The van der Waals surface area contributed by atoms with Crippen LogP contribution in [0.15, 0.2) is 60.7 Å². The van der Waals surface area contributed by atoms with Crippen LogP contribution in [-0.2, 0) is 32.0 Å². The van der Waals surface area contributed by atoms with E-state index in [1.165, 1.54) is 0 Å². The maximum atomic E-state index is 13.2. The van der Waals surface area contributed by atoms with Gasteiger partial charge in [-0.25, -0.2) is 9.86 Å². The summed E-state index contributed by atoms with van der Waals surface area (Å²) in [5.74, 6) is -1.60. The maximum Gasteiger partial charge on any atom is 0.329 e. The number of nitrogens with zero attached hydrogens (tertiary/aromatic N) is 1. The van der Waals surface area contributed by atoms with Crippen molar-refractivity contribution in [1.82, 2.24) is 10.4 Å². The van der Waals surface area contributed by atoms with E-state index < -0.39 is 23.8 Å². The number of nitrogens with one attached hydrogen (secondary N) is 1. The molecule has 0 aromatic heterocycles. The number of hydroxylamine groups is 2. The van der Waals surface area contributed by atoms with Crippen molar-refractivity contribution < 1.29 is 24.3 Å². The maximum absolute atomic E-state index is 13.2. The quantitative estimate of drug-likeness (QED) is 0.243. The third kappa shape index (κ3) is 7.20. The molecule has 0 bridgehead atoms. The van der Waals surface area contributed by atoms with Crippen LogP contribution in [0.25, 0.3) is 0 Å². The molecule has 2 aromatic rings. The van der Waals surface area contributed by atoms with Crippen molar-refractivity contribution >= 4 is 18.3 Å². The molecule has 2 unspecified atom stereocenters. The number of carbonyl (C=O) groups excluding carboxylic acids is 3. The predicted molar refractivity (Wildman–Crippen MR) is 119 cm³/mol. The molecule has 2 atom stereocenters. The molecule has 7 nitrogen and oxygen atoms in total. The molecular weight excluding hydrogens is 408 g/mol. The first-order valence-electron chi connectivity index (χ1n) is 11.0. The van der Waals surface area contributed by atoms with Gasteiger partial charge in [-0.05, 0) is 43.2 Å². The molecule has 1 fully saturated rings. The molecule has 2 amide bonds. The van der Waals surface area contributed by atoms with Crippen molar-refractivity contribution in [3.8, 4) is 0 Å². The summed E-state index contributed by atoms with van der Waals surface area (Å²) in [5.41, 5.74) is 1.79. The molecule has 3 rings (SSSR count). The molecule has 0 spiro atoms. The van der Waals surface area contributed by atoms with Crippen molar-refractivity contribution in [2.75, 3.05) is 6.54 Å². The molecule has 170 valence electrons. The van der Waals surface area contributed by atoms with Crippen molar-refractivity contribution in [3.05, 3.63) is 71.8 Å². The average Bonchev–Trinajstić information content (AvgIpc) is 3.32. The van der Waals surface area contributed by atoms with E-state index >= 15 is 0 Å². The minimum Gasteiger partial charge on any atom is -0.461 e. The summed E-state index contributed by atoms with van der Waals surface area (Å²) in [7, 11) is 0. The molecule has 0 aliphatic heterocycles. The van der Waals surface area contributed by atoms with Gasteiger partial charge in [0.1, 0.15) is 12.1 Å². The van der Waals surface area contributed by atoms with Gasteiger partial charge in [0, 0.05) is 6.42 Å². The van der Waals surface area contributed by atoms with Crippen LogP contribution in [-0.4, -0.2) is 47.2 Å². The molecule has 2 N–H and O–H groups in total. The van der Waals surface area contributed by atoms with Crippen LogP contribution in [0.3, 0.4) is 0 Å². The summed E-state index contributed by atoms with van der Waals surface area (Å²) in [4.78, 5) is 37.1. The van der Waals surface area contributed by atoms with Gasteiger partial charge in [-0.3, -0.25) is 14.8 Å². The number of hydrogen-bond donors (Lipinski definition) is 2. The zero-order valence-corrected chi connectivity index (χ0v) is 18.1. The second-order valence-electron chi connectivity index (χ2n) is 8.21. The fourth-order valence-electron chi connectivity index (χ4n) is 3.99. The highest BCUT2D eigenvalue weighted by Crippen LogP contribution is 2.22. The monoisotopic (exact) mass is 438 g/mol. The molecule has 1 aliphatic rings. The number of benzene rings is 2. The number of rotatable bonds is 11. The molecule has 0 heterocycles. The molecular formula is C25H30N2O5. The number of amides is 2. The summed E-state index contributed by atoms with van der Waals surface area (Å²) in [5, 5.41) is 13.0. The predicted octanol–water partition coefficient (Wildman–Crippen LogP) is 2.91. The molecule has 0 saturated heterocycles. The number of hydrogen-bond acceptors (Lipinski definition) is 5. The molecule has 1 saturated carbocycles. The molecule has 32 heavy (non-hydrogen) atoms. The van der Waals surface area contributed by atoms with E-state index in [0.717, 1.165) is 36.8 Å². The molecule has 0 radical (unpaired) electrons. The van der Waals surface area contributed by atoms with Crippen LogP contribution in [0.5, 0.6) is 0 Å². The van der Waals surface area contributed by atoms with E-state index in [4.69, 9.17) is 4.74 Å². The van der Waals surface area contributed by atoms with Gasteiger partial charge >= 0.3 is 5.97 Å². The lowest BCUT2D eigenvalue weighted by atomic mass is 9.97. The summed E-state index contributed by atoms with van der Waals surface area (Å²) in [6.07, 6.45) is 4.51. The van der Waals surface area contributed by atoms with Crippen LogP contribution < -0.4 is 5.32 Å². The van der Waals surface area contributed by atoms with Crippen molar-refractivity contribution in [2.24, 2.45) is 5.92 Å². The number of esters is 1. The Kier molecular flexibility index (Phi) is 8.80. The Morgan fingerprint density at radius 3 is 2.12 bits per heavy atom. The molecule has 2 aromatic carbocycles. The van der Waals surface area contributed by atoms with Crippen LogP contribution in [0, 0.1) is 5.92 Å². The van der Waals surface area contributed by atoms with Gasteiger partial charge in [-0.2, -0.15) is 0 Å². The van der Waals surface area contributed by atoms with Gasteiger partial charge in [-0.15, -0.1) is 0 Å². The van der Waals surface area contributed by atoms with Crippen LogP contribution in [0.1, 0.15) is 36.8 Å². The lowest BCUT2D eigenvalue weighted by Gasteiger charge is -2.24. The largest absolute Gasteiger partial charge is 0.461 e. The van der Waals surface area contributed by atoms with Gasteiger partial charge in [0.15, 0.2) is 0 Å². The first-order valence-corrected chi connectivity index (χ1v) is 11.0. The lowest BCUT2D eigenvalue weighted by molar-refractivity contribution is -0.157. The second-order valence-corrected chi connectivity index (χ2v) is 8.21. The highest BCUT2D eigenvalue weighted by Gasteiger charge is 2.30. The van der Waals surface area contributed by atoms with Gasteiger partial charge in [0.05, 0.1) is 12.5 Å². The van der Waals surface area contributed by atoms with E-state index in [1.807, 2.05) is 60.7 Å². The standard InChI is InChI=1S/C25H30N2O5/c28-18-27(31)17-21(15-19-9-3-1-4-10-19)24(29)26-23(16-20-11-5-2-6-12-20)25(30)32-22-13-7-8-14-22/h1-6,9-12,18,21-23,31H,7-8,13-17H2,(H,26,29). The Morgan fingerprint density at radius 1 is 1.00 bits per heavy atom. The van der Waals surface area contributed by atoms with Crippen LogP contribution in [0.2, 0.25) is 0 Å². The smallest absolute Gasteiger partial charge is 0.329 e. The Hall–Kier alpha value is -3.19. The van der Waals surface area contributed by atoms with Crippen molar-refractivity contribution in [2.45, 2.75) is 50.7 Å². The third-order valence-electron chi connectivity index (χ3n) is 5.69. The zero-order valence-electron chi connectivity index (χ0n) is 18.1. The minimum absolute atomic E-state index is 0.110. The van der Waals surface area contributed by atoms with Gasteiger partial charge in [0.25, 0.3) is 0 Å². The van der Waals surface area contributed by atoms with Crippen LogP contribution in [0.4, 0.5) is 0 Å². The topological polar surface area (TPSA) is 95.9 Å². The zero-order chi connectivity index (χ0) is 22.8. The summed E-state index contributed by atoms with van der Waals surface area (Å²) >= 11 is 0. The number of carbonyl (C=O) groups is 3. The lowest BCUT2D eigenvalue weighted by Crippen LogP contribution is -2.48. The number of ether oxygens (including phenoxy) is 1. The van der Waals surface area contributed by atoms with Gasteiger partial charge in [-0.1, -0.05) is 60.7 Å². The SMILES string of the molecule is O=CN(O)CC(Cc1ccccc1)C(=O)NC(Cc1ccccc1)C(=O)OC1CCCC1. The van der Waals surface area contributed by atoms with Gasteiger partial charge in [0.2, 0.25) is 12.3 Å². The van der Waals surface area contributed by atoms with E-state index in [9.17, 15) is 19.6 Å². The third-order valence-corrected chi connectivity index (χ3v) is 5.69. The fraction of sp³-hybridized carbons (Fsp3) is 0.400. The average molecular weight is 439 g/mol. The second kappa shape index (κ2) is 12.0. The fourth-order valence-corrected chi connectivity index (χ4v) is 3.99.